The smallest absolute Gasteiger partial charge is 0.282 e. The Labute approximate surface area is 173 Å². The second-order valence-electron chi connectivity index (χ2n) is 6.72. The third-order valence-corrected chi connectivity index (χ3v) is 6.58. The molecule has 0 atom stereocenters. The highest BCUT2D eigenvalue weighted by molar-refractivity contribution is 7.85. The van der Waals surface area contributed by atoms with Crippen molar-refractivity contribution in [3.8, 4) is 0 Å². The van der Waals surface area contributed by atoms with Crippen LogP contribution in [0, 0.1) is 6.92 Å². The minimum atomic E-state index is -4.19. The van der Waals surface area contributed by atoms with Gasteiger partial charge in [-0.15, -0.1) is 0 Å². The van der Waals surface area contributed by atoms with Crippen LogP contribution in [-0.4, -0.2) is 18.7 Å². The zero-order chi connectivity index (χ0) is 20.4. The summed E-state index contributed by atoms with van der Waals surface area (Å²) in [6, 6.07) is 14.2. The van der Waals surface area contributed by atoms with Gasteiger partial charge in [-0.3, -0.25) is 9.98 Å². The molecule has 2 N–H and O–H groups in total. The molecule has 0 amide bonds. The van der Waals surface area contributed by atoms with Gasteiger partial charge in [-0.05, 0) is 36.4 Å². The lowest BCUT2D eigenvalue weighted by molar-refractivity contribution is -0.664. The number of para-hydroxylation sites is 1. The molecule has 0 saturated heterocycles. The molecule has 3 aromatic rings. The Kier molecular flexibility index (Phi) is 5.31. The molecule has 0 radical (unpaired) electrons. The summed E-state index contributed by atoms with van der Waals surface area (Å²) in [6.45, 7) is 2.90. The molecular formula is C21H20N3O3S2+. The van der Waals surface area contributed by atoms with E-state index in [-0.39, 0.29) is 4.90 Å². The number of hydrazone groups is 1. The van der Waals surface area contributed by atoms with Gasteiger partial charge in [0.15, 0.2) is 6.54 Å². The van der Waals surface area contributed by atoms with Crippen LogP contribution in [0.5, 0.6) is 0 Å². The average molecular weight is 427 g/mol. The molecule has 0 spiro atoms. The summed E-state index contributed by atoms with van der Waals surface area (Å²) in [7, 11) is -4.19. The number of aryl methyl sites for hydroxylation is 1. The van der Waals surface area contributed by atoms with Crippen molar-refractivity contribution in [2.45, 2.75) is 24.8 Å². The second kappa shape index (κ2) is 7.90. The van der Waals surface area contributed by atoms with E-state index in [1.807, 2.05) is 0 Å². The van der Waals surface area contributed by atoms with E-state index in [0.717, 1.165) is 17.8 Å². The Morgan fingerprint density at radius 1 is 1.17 bits per heavy atom. The lowest BCUT2D eigenvalue weighted by Gasteiger charge is -2.08. The SMILES string of the molecule is Cc1sc2ccccc2[n+]1CC1=CC(=NNc2ccc(S(=O)(=O)O)cc2)CC=C1. The molecule has 2 aromatic carbocycles. The predicted molar refractivity (Wildman–Crippen MR) is 116 cm³/mol. The summed E-state index contributed by atoms with van der Waals surface area (Å²) >= 11 is 1.79. The van der Waals surface area contributed by atoms with Gasteiger partial charge in [0.25, 0.3) is 10.1 Å². The van der Waals surface area contributed by atoms with Crippen molar-refractivity contribution in [1.82, 2.24) is 0 Å². The van der Waals surface area contributed by atoms with Crippen LogP contribution in [0.15, 0.2) is 82.3 Å². The zero-order valence-electron chi connectivity index (χ0n) is 15.7. The number of aromatic nitrogens is 1. The summed E-state index contributed by atoms with van der Waals surface area (Å²) in [5.74, 6) is 0. The van der Waals surface area contributed by atoms with Gasteiger partial charge in [-0.2, -0.15) is 18.1 Å². The first-order valence-electron chi connectivity index (χ1n) is 9.05. The molecule has 1 aliphatic carbocycles. The van der Waals surface area contributed by atoms with Gasteiger partial charge in [-0.25, -0.2) is 0 Å². The maximum atomic E-state index is 11.1. The second-order valence-corrected chi connectivity index (χ2v) is 9.37. The number of anilines is 1. The third kappa shape index (κ3) is 4.45. The van der Waals surface area contributed by atoms with Gasteiger partial charge in [0.2, 0.25) is 10.5 Å². The van der Waals surface area contributed by atoms with Gasteiger partial charge in [0.1, 0.15) is 4.70 Å². The predicted octanol–water partition coefficient (Wildman–Crippen LogP) is 4.10. The van der Waals surface area contributed by atoms with Crippen LogP contribution >= 0.6 is 11.3 Å². The normalized spacial score (nSPS) is 15.7. The fourth-order valence-electron chi connectivity index (χ4n) is 3.20. The van der Waals surface area contributed by atoms with Gasteiger partial charge in [0.05, 0.1) is 16.3 Å². The van der Waals surface area contributed by atoms with Crippen LogP contribution in [0.25, 0.3) is 10.2 Å². The van der Waals surface area contributed by atoms with E-state index >= 15 is 0 Å². The molecule has 1 aromatic heterocycles. The molecule has 4 rings (SSSR count). The summed E-state index contributed by atoms with van der Waals surface area (Å²) < 4.78 is 34.8. The highest BCUT2D eigenvalue weighted by Gasteiger charge is 2.18. The molecular weight excluding hydrogens is 406 g/mol. The van der Waals surface area contributed by atoms with Crippen molar-refractivity contribution < 1.29 is 17.5 Å². The number of hydrogen-bond acceptors (Lipinski definition) is 5. The standard InChI is InChI=1S/C21H19N3O3S2/c1-15-24(20-7-2-3-8-21(20)28-15)14-16-5-4-6-18(13-16)23-22-17-9-11-19(12-10-17)29(25,26)27/h2-5,7-13,22H,6,14H2,1H3/p+1. The number of rotatable bonds is 5. The largest absolute Gasteiger partial charge is 0.294 e. The Balaban J connectivity index is 1.51. The first kappa shape index (κ1) is 19.5. The van der Waals surface area contributed by atoms with Gasteiger partial charge >= 0.3 is 0 Å². The quantitative estimate of drug-likeness (QED) is 0.366. The Morgan fingerprint density at radius 2 is 1.93 bits per heavy atom. The van der Waals surface area contributed by atoms with Gasteiger partial charge < -0.3 is 0 Å². The molecule has 0 aliphatic heterocycles. The van der Waals surface area contributed by atoms with E-state index < -0.39 is 10.1 Å². The summed E-state index contributed by atoms with van der Waals surface area (Å²) in [6.07, 6.45) is 6.99. The number of nitrogens with one attached hydrogen (secondary N) is 1. The highest BCUT2D eigenvalue weighted by Crippen LogP contribution is 2.21. The fraction of sp³-hybridized carbons (Fsp3) is 0.143. The Hall–Kier alpha value is -2.81. The monoisotopic (exact) mass is 426 g/mol. The molecule has 6 nitrogen and oxygen atoms in total. The molecule has 29 heavy (non-hydrogen) atoms. The minimum Gasteiger partial charge on any atom is -0.282 e. The first-order chi connectivity index (χ1) is 13.9. The van der Waals surface area contributed by atoms with E-state index in [2.05, 4.69) is 64.5 Å². The third-order valence-electron chi connectivity index (χ3n) is 4.63. The summed E-state index contributed by atoms with van der Waals surface area (Å²) in [5, 5.41) is 5.68. The number of thiazole rings is 1. The van der Waals surface area contributed by atoms with Crippen molar-refractivity contribution in [2.24, 2.45) is 5.10 Å². The fourth-order valence-corrected chi connectivity index (χ4v) is 4.70. The lowest BCUT2D eigenvalue weighted by atomic mass is 10.1. The Morgan fingerprint density at radius 3 is 2.69 bits per heavy atom. The van der Waals surface area contributed by atoms with Crippen molar-refractivity contribution in [1.29, 1.82) is 0 Å². The highest BCUT2D eigenvalue weighted by atomic mass is 32.2. The van der Waals surface area contributed by atoms with Crippen LogP contribution in [0.2, 0.25) is 0 Å². The molecule has 0 unspecified atom stereocenters. The molecule has 0 saturated carbocycles. The van der Waals surface area contributed by atoms with Crippen molar-refractivity contribution >= 4 is 43.1 Å². The summed E-state index contributed by atoms with van der Waals surface area (Å²) in [5.41, 5.74) is 6.86. The molecule has 0 bridgehead atoms. The van der Waals surface area contributed by atoms with E-state index in [0.29, 0.717) is 12.1 Å². The van der Waals surface area contributed by atoms with Crippen molar-refractivity contribution in [3.05, 3.63) is 77.3 Å². The number of fused-ring (bicyclic) bond motifs is 1. The van der Waals surface area contributed by atoms with E-state index in [1.54, 1.807) is 23.5 Å². The molecule has 8 heteroatoms. The van der Waals surface area contributed by atoms with Crippen LogP contribution in [0.4, 0.5) is 5.69 Å². The minimum absolute atomic E-state index is 0.145. The zero-order valence-corrected chi connectivity index (χ0v) is 17.4. The summed E-state index contributed by atoms with van der Waals surface area (Å²) in [4.78, 5) is -0.145. The van der Waals surface area contributed by atoms with E-state index in [9.17, 15) is 8.42 Å². The van der Waals surface area contributed by atoms with Crippen molar-refractivity contribution in [2.75, 3.05) is 5.43 Å². The van der Waals surface area contributed by atoms with Crippen LogP contribution in [0.3, 0.4) is 0 Å². The van der Waals surface area contributed by atoms with Crippen LogP contribution in [-0.2, 0) is 16.7 Å². The Bertz CT molecular complexity index is 1250. The number of nitrogens with zero attached hydrogens (tertiary/aromatic N) is 2. The van der Waals surface area contributed by atoms with E-state index in [4.69, 9.17) is 4.55 Å². The lowest BCUT2D eigenvalue weighted by Crippen LogP contribution is -2.36. The average Bonchev–Trinajstić information content (AvgIpc) is 3.02. The van der Waals surface area contributed by atoms with Crippen molar-refractivity contribution in [3.63, 3.8) is 0 Å². The first-order valence-corrected chi connectivity index (χ1v) is 11.3. The molecule has 0 fully saturated rings. The molecule has 1 heterocycles. The number of hydrogen-bond donors (Lipinski definition) is 2. The van der Waals surface area contributed by atoms with Gasteiger partial charge in [0, 0.05) is 25.0 Å². The van der Waals surface area contributed by atoms with Crippen LogP contribution in [0.1, 0.15) is 11.4 Å². The maximum Gasteiger partial charge on any atom is 0.294 e. The topological polar surface area (TPSA) is 82.6 Å². The molecule has 1 aliphatic rings. The number of benzene rings is 2. The molecule has 148 valence electrons. The van der Waals surface area contributed by atoms with E-state index in [1.165, 1.54) is 27.4 Å². The van der Waals surface area contributed by atoms with Gasteiger partial charge in [-0.1, -0.05) is 35.6 Å². The number of allylic oxidation sites excluding steroid dienone is 4. The van der Waals surface area contributed by atoms with Crippen LogP contribution < -0.4 is 9.99 Å². The maximum absolute atomic E-state index is 11.1.